The lowest BCUT2D eigenvalue weighted by Crippen LogP contribution is -2.62. The molecule has 0 bridgehead atoms. The highest BCUT2D eigenvalue weighted by molar-refractivity contribution is 6.01. The number of nitrogens with zero attached hydrogens (tertiary/aromatic N) is 2. The monoisotopic (exact) mass is 384 g/mol. The predicted molar refractivity (Wildman–Crippen MR) is 93.0 cm³/mol. The van der Waals surface area contributed by atoms with Gasteiger partial charge in [0, 0.05) is 5.71 Å². The molecular formula is C19H23F3N2O3. The van der Waals surface area contributed by atoms with Crippen LogP contribution in [0.3, 0.4) is 0 Å². The van der Waals surface area contributed by atoms with Crippen molar-refractivity contribution in [2.24, 2.45) is 22.4 Å². The second-order valence-corrected chi connectivity index (χ2v) is 8.34. The third-order valence-corrected chi connectivity index (χ3v) is 5.68. The molecule has 0 saturated heterocycles. The summed E-state index contributed by atoms with van der Waals surface area (Å²) in [7, 11) is 0. The van der Waals surface area contributed by atoms with E-state index in [1.807, 2.05) is 20.8 Å². The average molecular weight is 384 g/mol. The summed E-state index contributed by atoms with van der Waals surface area (Å²) in [6, 6.07) is 5.28. The first-order valence-corrected chi connectivity index (χ1v) is 8.86. The summed E-state index contributed by atoms with van der Waals surface area (Å²) in [5.41, 5.74) is -3.81. The van der Waals surface area contributed by atoms with Gasteiger partial charge in [0.15, 0.2) is 0 Å². The van der Waals surface area contributed by atoms with Crippen molar-refractivity contribution in [3.63, 3.8) is 0 Å². The summed E-state index contributed by atoms with van der Waals surface area (Å²) in [5, 5.41) is 24.6. The van der Waals surface area contributed by atoms with E-state index in [2.05, 4.69) is 5.10 Å². The molecule has 0 radical (unpaired) electrons. The van der Waals surface area contributed by atoms with Crippen molar-refractivity contribution in [2.45, 2.75) is 51.9 Å². The van der Waals surface area contributed by atoms with E-state index in [1.54, 1.807) is 0 Å². The molecule has 3 rings (SSSR count). The van der Waals surface area contributed by atoms with Crippen LogP contribution in [0.2, 0.25) is 0 Å². The first kappa shape index (κ1) is 19.7. The Morgan fingerprint density at radius 3 is 2.44 bits per heavy atom. The number of para-hydroxylation sites is 1. The van der Waals surface area contributed by atoms with Crippen molar-refractivity contribution in [3.05, 3.63) is 29.8 Å². The zero-order chi connectivity index (χ0) is 20.2. The zero-order valence-electron chi connectivity index (χ0n) is 15.4. The maximum Gasteiger partial charge on any atom is 0.439 e. The number of carbonyl (C=O) groups is 1. The summed E-state index contributed by atoms with van der Waals surface area (Å²) >= 11 is 0. The molecule has 1 aliphatic heterocycles. The van der Waals surface area contributed by atoms with E-state index in [0.29, 0.717) is 6.42 Å². The smallest absolute Gasteiger partial charge is 0.439 e. The van der Waals surface area contributed by atoms with Crippen molar-refractivity contribution in [2.75, 3.05) is 0 Å². The molecule has 1 aromatic carbocycles. The standard InChI is InChI=1S/C19H23F3N2O3/c1-17(2,3)11-8-9-14-13(10-11)18(27,19(20,21)22)24(23-14)16(26)12-6-4-5-7-15(12)25/h4-7,11,13,25,27H,8-10H2,1-3H3/t11-,13-,18-/m1/s1. The van der Waals surface area contributed by atoms with Gasteiger partial charge in [0.1, 0.15) is 5.75 Å². The lowest BCUT2D eigenvalue weighted by Gasteiger charge is -2.42. The van der Waals surface area contributed by atoms with Gasteiger partial charge in [-0.15, -0.1) is 0 Å². The van der Waals surface area contributed by atoms with E-state index < -0.39 is 29.5 Å². The van der Waals surface area contributed by atoms with Crippen molar-refractivity contribution in [1.29, 1.82) is 0 Å². The average Bonchev–Trinajstić information content (AvgIpc) is 2.87. The fourth-order valence-electron chi connectivity index (χ4n) is 3.98. The van der Waals surface area contributed by atoms with Crippen LogP contribution in [0.5, 0.6) is 5.75 Å². The van der Waals surface area contributed by atoms with Crippen LogP contribution in [0, 0.1) is 17.3 Å². The van der Waals surface area contributed by atoms with Crippen LogP contribution in [-0.2, 0) is 0 Å². The Hall–Kier alpha value is -2.09. The van der Waals surface area contributed by atoms with Crippen LogP contribution in [0.1, 0.15) is 50.4 Å². The van der Waals surface area contributed by atoms with E-state index >= 15 is 0 Å². The number of aliphatic hydroxyl groups is 1. The molecule has 148 valence electrons. The Kier molecular flexibility index (Phi) is 4.53. The minimum absolute atomic E-state index is 0.0458. The minimum Gasteiger partial charge on any atom is -0.507 e. The molecule has 2 aliphatic rings. The predicted octanol–water partition coefficient (Wildman–Crippen LogP) is 3.92. The third kappa shape index (κ3) is 3.09. The Labute approximate surface area is 155 Å². The topological polar surface area (TPSA) is 73.1 Å². The lowest BCUT2D eigenvalue weighted by atomic mass is 9.66. The number of hydrogen-bond acceptors (Lipinski definition) is 4. The van der Waals surface area contributed by atoms with E-state index in [0.717, 1.165) is 0 Å². The van der Waals surface area contributed by atoms with Gasteiger partial charge >= 0.3 is 6.18 Å². The summed E-state index contributed by atoms with van der Waals surface area (Å²) in [6.45, 7) is 5.85. The van der Waals surface area contributed by atoms with Gasteiger partial charge in [-0.3, -0.25) is 4.79 Å². The third-order valence-electron chi connectivity index (χ3n) is 5.68. The molecule has 1 saturated carbocycles. The molecule has 5 nitrogen and oxygen atoms in total. The number of hydrogen-bond donors (Lipinski definition) is 2. The number of halogens is 3. The minimum atomic E-state index is -5.09. The molecule has 3 atom stereocenters. The first-order valence-electron chi connectivity index (χ1n) is 8.86. The van der Waals surface area contributed by atoms with E-state index in [-0.39, 0.29) is 40.5 Å². The van der Waals surface area contributed by atoms with E-state index in [4.69, 9.17) is 0 Å². The molecule has 27 heavy (non-hydrogen) atoms. The second kappa shape index (κ2) is 6.22. The Bertz CT molecular complexity index is 785. The molecule has 1 aliphatic carbocycles. The summed E-state index contributed by atoms with van der Waals surface area (Å²) < 4.78 is 42.0. The molecule has 1 aromatic rings. The Morgan fingerprint density at radius 2 is 1.89 bits per heavy atom. The highest BCUT2D eigenvalue weighted by Crippen LogP contribution is 2.52. The molecule has 1 fully saturated rings. The van der Waals surface area contributed by atoms with Gasteiger partial charge in [-0.25, -0.2) is 0 Å². The van der Waals surface area contributed by atoms with Gasteiger partial charge in [-0.1, -0.05) is 32.9 Å². The number of benzene rings is 1. The van der Waals surface area contributed by atoms with Gasteiger partial charge < -0.3 is 10.2 Å². The van der Waals surface area contributed by atoms with Gasteiger partial charge in [0.2, 0.25) is 0 Å². The number of aromatic hydroxyl groups is 1. The van der Waals surface area contributed by atoms with Crippen molar-refractivity contribution >= 4 is 11.6 Å². The lowest BCUT2D eigenvalue weighted by molar-refractivity contribution is -0.314. The number of rotatable bonds is 1. The van der Waals surface area contributed by atoms with Crippen LogP contribution in [0.4, 0.5) is 13.2 Å². The van der Waals surface area contributed by atoms with Gasteiger partial charge in [-0.05, 0) is 42.7 Å². The number of hydrazone groups is 1. The zero-order valence-corrected chi connectivity index (χ0v) is 15.4. The molecule has 2 N–H and O–H groups in total. The molecule has 0 unspecified atom stereocenters. The highest BCUT2D eigenvalue weighted by Gasteiger charge is 2.69. The maximum atomic E-state index is 14.0. The molecular weight excluding hydrogens is 361 g/mol. The number of alkyl halides is 3. The van der Waals surface area contributed by atoms with Gasteiger partial charge in [0.25, 0.3) is 11.6 Å². The maximum absolute atomic E-state index is 14.0. The number of fused-ring (bicyclic) bond motifs is 1. The number of amides is 1. The van der Waals surface area contributed by atoms with Crippen molar-refractivity contribution in [3.8, 4) is 5.75 Å². The Balaban J connectivity index is 2.04. The highest BCUT2D eigenvalue weighted by atomic mass is 19.4. The van der Waals surface area contributed by atoms with Crippen LogP contribution in [0.15, 0.2) is 29.4 Å². The normalized spacial score (nSPS) is 28.7. The number of carbonyl (C=O) groups excluding carboxylic acids is 1. The number of phenolic OH excluding ortho intramolecular Hbond substituents is 1. The molecule has 0 spiro atoms. The van der Waals surface area contributed by atoms with E-state index in [1.165, 1.54) is 24.3 Å². The SMILES string of the molecule is CC(C)(C)[C@@H]1CCC2=NN(C(=O)c3ccccc3O)[C@](O)(C(F)(F)F)[C@@H]2C1. The quantitative estimate of drug-likeness (QED) is 0.771. The van der Waals surface area contributed by atoms with Crippen molar-refractivity contribution in [1.82, 2.24) is 5.01 Å². The molecule has 8 heteroatoms. The van der Waals surface area contributed by atoms with Crippen LogP contribution in [-0.4, -0.2) is 38.7 Å². The molecule has 1 amide bonds. The summed E-state index contributed by atoms with van der Waals surface area (Å²) in [6.07, 6.45) is -4.08. The van der Waals surface area contributed by atoms with Gasteiger partial charge in [0.05, 0.1) is 11.5 Å². The van der Waals surface area contributed by atoms with Crippen LogP contribution in [0.25, 0.3) is 0 Å². The van der Waals surface area contributed by atoms with Gasteiger partial charge in [-0.2, -0.15) is 23.3 Å². The second-order valence-electron chi connectivity index (χ2n) is 8.34. The fraction of sp³-hybridized carbons (Fsp3) is 0.579. The van der Waals surface area contributed by atoms with E-state index in [9.17, 15) is 28.2 Å². The number of phenols is 1. The first-order chi connectivity index (χ1) is 12.4. The van der Waals surface area contributed by atoms with Crippen LogP contribution < -0.4 is 0 Å². The molecule has 1 heterocycles. The van der Waals surface area contributed by atoms with Crippen molar-refractivity contribution < 1.29 is 28.2 Å². The summed E-state index contributed by atoms with van der Waals surface area (Å²) in [4.78, 5) is 12.8. The largest absolute Gasteiger partial charge is 0.507 e. The fourth-order valence-corrected chi connectivity index (χ4v) is 3.98. The Morgan fingerprint density at radius 1 is 1.26 bits per heavy atom. The summed E-state index contributed by atoms with van der Waals surface area (Å²) in [5.74, 6) is -3.00. The molecule has 0 aromatic heterocycles. The van der Waals surface area contributed by atoms with Crippen LogP contribution >= 0.6 is 0 Å².